The summed E-state index contributed by atoms with van der Waals surface area (Å²) >= 11 is 0. The van der Waals surface area contributed by atoms with E-state index in [0.29, 0.717) is 0 Å². The molecule has 0 radical (unpaired) electrons. The fraction of sp³-hybridized carbons (Fsp3) is 0.739. The van der Waals surface area contributed by atoms with Crippen molar-refractivity contribution in [1.29, 1.82) is 0 Å². The molecule has 0 N–H and O–H groups in total. The van der Waals surface area contributed by atoms with Crippen LogP contribution in [0.4, 0.5) is 0 Å². The predicted molar refractivity (Wildman–Crippen MR) is 125 cm³/mol. The monoisotopic (exact) mass is 465 g/mol. The number of amides is 1. The van der Waals surface area contributed by atoms with Crippen LogP contribution in [-0.4, -0.2) is 64.8 Å². The third-order valence-electron chi connectivity index (χ3n) is 6.47. The molecule has 0 saturated carbocycles. The Labute approximate surface area is 192 Å². The van der Waals surface area contributed by atoms with Crippen LogP contribution in [0.5, 0.6) is 0 Å². The summed E-state index contributed by atoms with van der Waals surface area (Å²) in [6, 6.07) is -0.468. The van der Waals surface area contributed by atoms with Gasteiger partial charge < -0.3 is 14.1 Å². The van der Waals surface area contributed by atoms with E-state index < -0.39 is 37.8 Å². The van der Waals surface area contributed by atoms with E-state index >= 15 is 0 Å². The first kappa shape index (κ1) is 26.3. The number of likely N-dealkylation sites (tertiary alicyclic amines) is 1. The SMILES string of the molecule is C[C@H](C(=O)n1ccnc1)[C@H]1[C@@H]([C@@H](C)O[Si](C)(C)C(C)(C)C)C(=O)N1CC(=O)OC(C)(C)C. The van der Waals surface area contributed by atoms with Crippen molar-refractivity contribution in [2.24, 2.45) is 11.8 Å². The Morgan fingerprint density at radius 3 is 2.22 bits per heavy atom. The summed E-state index contributed by atoms with van der Waals surface area (Å²) in [6.07, 6.45) is 4.20. The van der Waals surface area contributed by atoms with Gasteiger partial charge in [-0.05, 0) is 45.8 Å². The summed E-state index contributed by atoms with van der Waals surface area (Å²) in [6.45, 7) is 19.6. The van der Waals surface area contributed by atoms with Gasteiger partial charge in [0.05, 0.1) is 24.0 Å². The number of carbonyl (C=O) groups is 3. The topological polar surface area (TPSA) is 90.7 Å². The lowest BCUT2D eigenvalue weighted by atomic mass is 9.76. The number of esters is 1. The molecule has 1 aliphatic heterocycles. The second kappa shape index (κ2) is 9.09. The molecule has 0 aliphatic carbocycles. The molecule has 0 bridgehead atoms. The van der Waals surface area contributed by atoms with Crippen molar-refractivity contribution in [3.8, 4) is 0 Å². The summed E-state index contributed by atoms with van der Waals surface area (Å²) in [5.41, 5.74) is -0.656. The van der Waals surface area contributed by atoms with Gasteiger partial charge in [0.15, 0.2) is 8.32 Å². The zero-order chi connectivity index (χ0) is 24.6. The molecule has 0 aromatic carbocycles. The number of nitrogens with zero attached hydrogens (tertiary/aromatic N) is 3. The molecule has 32 heavy (non-hydrogen) atoms. The molecule has 0 spiro atoms. The Bertz CT molecular complexity index is 839. The van der Waals surface area contributed by atoms with Crippen molar-refractivity contribution < 1.29 is 23.5 Å². The lowest BCUT2D eigenvalue weighted by Crippen LogP contribution is -2.69. The van der Waals surface area contributed by atoms with E-state index in [2.05, 4.69) is 38.8 Å². The highest BCUT2D eigenvalue weighted by atomic mass is 28.4. The number of carbonyl (C=O) groups excluding carboxylic acids is 3. The standard InChI is InChI=1S/C23H39N3O5Si/c1-15(20(28)25-12-11-24-14-25)19-18(16(2)31-32(9,10)23(6,7)8)21(29)26(19)13-17(27)30-22(3,4)5/h11-12,14-16,18-19H,13H2,1-10H3/t15-,16+,18+,19-/m0/s1. The van der Waals surface area contributed by atoms with Crippen LogP contribution >= 0.6 is 0 Å². The number of imidazole rings is 1. The quantitative estimate of drug-likeness (QED) is 0.346. The van der Waals surface area contributed by atoms with E-state index in [1.54, 1.807) is 33.9 Å². The van der Waals surface area contributed by atoms with E-state index in [0.717, 1.165) is 0 Å². The highest BCUT2D eigenvalue weighted by molar-refractivity contribution is 6.74. The van der Waals surface area contributed by atoms with Crippen LogP contribution in [-0.2, 0) is 18.8 Å². The van der Waals surface area contributed by atoms with Crippen molar-refractivity contribution in [2.75, 3.05) is 6.54 Å². The Hall–Kier alpha value is -2.00. The minimum Gasteiger partial charge on any atom is -0.459 e. The average Bonchev–Trinajstić information content (AvgIpc) is 3.14. The third-order valence-corrected chi connectivity index (χ3v) is 11.0. The fourth-order valence-electron chi connectivity index (χ4n) is 3.84. The Kier molecular flexibility index (Phi) is 7.46. The first-order valence-electron chi connectivity index (χ1n) is 11.2. The molecule has 1 fully saturated rings. The third kappa shape index (κ3) is 5.67. The molecular formula is C23H39N3O5Si. The van der Waals surface area contributed by atoms with Crippen molar-refractivity contribution in [3.05, 3.63) is 18.7 Å². The van der Waals surface area contributed by atoms with Gasteiger partial charge in [-0.2, -0.15) is 0 Å². The first-order chi connectivity index (χ1) is 14.5. The smallest absolute Gasteiger partial charge is 0.326 e. The zero-order valence-corrected chi connectivity index (χ0v) is 22.1. The summed E-state index contributed by atoms with van der Waals surface area (Å²) in [7, 11) is -2.14. The summed E-state index contributed by atoms with van der Waals surface area (Å²) in [4.78, 5) is 44.1. The maximum atomic E-state index is 13.2. The van der Waals surface area contributed by atoms with E-state index in [-0.39, 0.29) is 29.5 Å². The van der Waals surface area contributed by atoms with Gasteiger partial charge in [-0.3, -0.25) is 19.0 Å². The van der Waals surface area contributed by atoms with Crippen LogP contribution in [0.2, 0.25) is 18.1 Å². The fourth-order valence-corrected chi connectivity index (χ4v) is 5.27. The van der Waals surface area contributed by atoms with Gasteiger partial charge in [-0.15, -0.1) is 0 Å². The van der Waals surface area contributed by atoms with Gasteiger partial charge >= 0.3 is 5.97 Å². The molecule has 180 valence electrons. The van der Waals surface area contributed by atoms with Crippen molar-refractivity contribution in [2.45, 2.75) is 91.3 Å². The first-order valence-corrected chi connectivity index (χ1v) is 14.1. The van der Waals surface area contributed by atoms with E-state index in [9.17, 15) is 14.4 Å². The Morgan fingerprint density at radius 2 is 1.75 bits per heavy atom. The summed E-state index contributed by atoms with van der Waals surface area (Å²) in [5, 5.41) is -0.0159. The van der Waals surface area contributed by atoms with E-state index in [1.165, 1.54) is 22.0 Å². The number of rotatable bonds is 7. The van der Waals surface area contributed by atoms with Crippen molar-refractivity contribution >= 4 is 26.1 Å². The van der Waals surface area contributed by atoms with Gasteiger partial charge in [0.25, 0.3) is 0 Å². The Morgan fingerprint density at radius 1 is 1.16 bits per heavy atom. The molecule has 4 atom stereocenters. The molecule has 2 heterocycles. The van der Waals surface area contributed by atoms with Gasteiger partial charge in [0.2, 0.25) is 11.8 Å². The molecule has 8 nitrogen and oxygen atoms in total. The normalized spacial score (nSPS) is 21.7. The van der Waals surface area contributed by atoms with E-state index in [1.807, 2.05) is 6.92 Å². The van der Waals surface area contributed by atoms with Crippen LogP contribution in [0.15, 0.2) is 18.7 Å². The molecule has 1 saturated heterocycles. The number of hydrogen-bond acceptors (Lipinski definition) is 6. The highest BCUT2D eigenvalue weighted by Gasteiger charge is 2.56. The minimum atomic E-state index is -2.14. The van der Waals surface area contributed by atoms with Gasteiger partial charge in [0.1, 0.15) is 18.5 Å². The Balaban J connectivity index is 2.29. The maximum Gasteiger partial charge on any atom is 0.326 e. The van der Waals surface area contributed by atoms with Crippen LogP contribution in [0.25, 0.3) is 0 Å². The molecule has 0 unspecified atom stereocenters. The molecular weight excluding hydrogens is 426 g/mol. The predicted octanol–water partition coefficient (Wildman–Crippen LogP) is 3.74. The molecule has 1 aromatic heterocycles. The maximum absolute atomic E-state index is 13.2. The highest BCUT2D eigenvalue weighted by Crippen LogP contribution is 2.42. The summed E-state index contributed by atoms with van der Waals surface area (Å²) < 4.78 is 13.3. The van der Waals surface area contributed by atoms with E-state index in [4.69, 9.17) is 9.16 Å². The largest absolute Gasteiger partial charge is 0.459 e. The second-order valence-corrected chi connectivity index (χ2v) is 16.0. The van der Waals surface area contributed by atoms with Crippen LogP contribution < -0.4 is 0 Å². The number of hydrogen-bond donors (Lipinski definition) is 0. The summed E-state index contributed by atoms with van der Waals surface area (Å²) in [5.74, 6) is -1.90. The average molecular weight is 466 g/mol. The minimum absolute atomic E-state index is 0.0159. The molecule has 2 rings (SSSR count). The molecule has 9 heteroatoms. The molecule has 1 aromatic rings. The van der Waals surface area contributed by atoms with Gasteiger partial charge in [-0.1, -0.05) is 27.7 Å². The van der Waals surface area contributed by atoms with Gasteiger partial charge in [0, 0.05) is 12.4 Å². The number of ether oxygens (including phenoxy) is 1. The molecule has 1 amide bonds. The molecule has 1 aliphatic rings. The van der Waals surface area contributed by atoms with Gasteiger partial charge in [-0.25, -0.2) is 4.98 Å². The number of β-lactam (4-membered cyclic amide) rings is 1. The lowest BCUT2D eigenvalue weighted by Gasteiger charge is -2.52. The zero-order valence-electron chi connectivity index (χ0n) is 21.1. The van der Waals surface area contributed by atoms with Crippen molar-refractivity contribution in [1.82, 2.24) is 14.5 Å². The second-order valence-electron chi connectivity index (χ2n) is 11.2. The van der Waals surface area contributed by atoms with Crippen molar-refractivity contribution in [3.63, 3.8) is 0 Å². The van der Waals surface area contributed by atoms with Crippen LogP contribution in [0.3, 0.4) is 0 Å². The lowest BCUT2D eigenvalue weighted by molar-refractivity contribution is -0.176. The number of aromatic nitrogens is 2. The van der Waals surface area contributed by atoms with Crippen LogP contribution in [0, 0.1) is 11.8 Å². The van der Waals surface area contributed by atoms with Crippen LogP contribution in [0.1, 0.15) is 60.2 Å².